The molecule has 0 aliphatic carbocycles. The third-order valence-corrected chi connectivity index (χ3v) is 4.23. The minimum Gasteiger partial charge on any atom is -0.343 e. The molecule has 2 fully saturated rings. The molecule has 2 aliphatic heterocycles. The van der Waals surface area contributed by atoms with Crippen molar-refractivity contribution in [2.75, 3.05) is 20.1 Å². The summed E-state index contributed by atoms with van der Waals surface area (Å²) < 4.78 is 0. The van der Waals surface area contributed by atoms with Gasteiger partial charge in [-0.2, -0.15) is 0 Å². The molecule has 2 unspecified atom stereocenters. The summed E-state index contributed by atoms with van der Waals surface area (Å²) in [5.74, 6) is 0.208. The van der Waals surface area contributed by atoms with E-state index in [-0.39, 0.29) is 5.91 Å². The van der Waals surface area contributed by atoms with Gasteiger partial charge in [0.1, 0.15) is 5.15 Å². The highest BCUT2D eigenvalue weighted by atomic mass is 35.5. The Labute approximate surface area is 112 Å². The van der Waals surface area contributed by atoms with Crippen molar-refractivity contribution in [2.24, 2.45) is 0 Å². The maximum Gasteiger partial charge on any atom is 0.236 e. The summed E-state index contributed by atoms with van der Waals surface area (Å²) in [5.41, 5.74) is 1.17. The molecular formula is C13H16ClN3O. The first-order valence-corrected chi connectivity index (χ1v) is 6.64. The van der Waals surface area contributed by atoms with Crippen molar-refractivity contribution in [3.05, 3.63) is 29.0 Å². The third-order valence-electron chi connectivity index (χ3n) is 4.01. The van der Waals surface area contributed by atoms with Gasteiger partial charge in [-0.25, -0.2) is 4.98 Å². The van der Waals surface area contributed by atoms with Gasteiger partial charge >= 0.3 is 0 Å². The summed E-state index contributed by atoms with van der Waals surface area (Å²) in [4.78, 5) is 20.1. The molecule has 1 aromatic rings. The van der Waals surface area contributed by atoms with Gasteiger partial charge in [-0.3, -0.25) is 9.69 Å². The highest BCUT2D eigenvalue weighted by Crippen LogP contribution is 2.37. The van der Waals surface area contributed by atoms with E-state index in [1.54, 1.807) is 0 Å². The van der Waals surface area contributed by atoms with Crippen molar-refractivity contribution in [1.82, 2.24) is 14.8 Å². The lowest BCUT2D eigenvalue weighted by molar-refractivity contribution is -0.136. The molecule has 18 heavy (non-hydrogen) atoms. The Bertz CT molecular complexity index is 462. The number of hydrogen-bond donors (Lipinski definition) is 0. The van der Waals surface area contributed by atoms with Gasteiger partial charge < -0.3 is 4.90 Å². The van der Waals surface area contributed by atoms with Crippen LogP contribution in [0.1, 0.15) is 24.4 Å². The number of hydrogen-bond acceptors (Lipinski definition) is 3. The molecule has 5 heteroatoms. The summed E-state index contributed by atoms with van der Waals surface area (Å²) >= 11 is 5.81. The van der Waals surface area contributed by atoms with Crippen LogP contribution in [0, 0.1) is 0 Å². The number of aromatic nitrogens is 1. The molecule has 4 nitrogen and oxygen atoms in total. The lowest BCUT2D eigenvalue weighted by Crippen LogP contribution is -2.52. The maximum atomic E-state index is 11.8. The average molecular weight is 266 g/mol. The van der Waals surface area contributed by atoms with Gasteiger partial charge in [0.05, 0.1) is 6.54 Å². The summed E-state index contributed by atoms with van der Waals surface area (Å²) in [6, 6.07) is 4.65. The SMILES string of the molecule is CN1CC2CCC(c3ccc(Cl)nc3)N2CC1=O. The lowest BCUT2D eigenvalue weighted by Gasteiger charge is -2.37. The molecular weight excluding hydrogens is 250 g/mol. The van der Waals surface area contributed by atoms with Gasteiger partial charge in [0, 0.05) is 31.9 Å². The van der Waals surface area contributed by atoms with E-state index in [0.717, 1.165) is 19.4 Å². The number of pyridine rings is 1. The zero-order valence-electron chi connectivity index (χ0n) is 10.3. The molecule has 1 aromatic heterocycles. The molecule has 0 aromatic carbocycles. The molecule has 0 bridgehead atoms. The largest absolute Gasteiger partial charge is 0.343 e. The topological polar surface area (TPSA) is 36.4 Å². The van der Waals surface area contributed by atoms with Crippen molar-refractivity contribution in [3.8, 4) is 0 Å². The van der Waals surface area contributed by atoms with Gasteiger partial charge in [0.15, 0.2) is 0 Å². The molecule has 2 saturated heterocycles. The van der Waals surface area contributed by atoms with Crippen LogP contribution in [0.25, 0.3) is 0 Å². The fraction of sp³-hybridized carbons (Fsp3) is 0.538. The van der Waals surface area contributed by atoms with Crippen molar-refractivity contribution in [3.63, 3.8) is 0 Å². The van der Waals surface area contributed by atoms with Crippen molar-refractivity contribution in [1.29, 1.82) is 0 Å². The Balaban J connectivity index is 1.83. The molecule has 0 radical (unpaired) electrons. The quantitative estimate of drug-likeness (QED) is 0.726. The van der Waals surface area contributed by atoms with Crippen LogP contribution >= 0.6 is 11.6 Å². The molecule has 1 amide bonds. The number of amides is 1. The Morgan fingerprint density at radius 1 is 1.39 bits per heavy atom. The van der Waals surface area contributed by atoms with E-state index < -0.39 is 0 Å². The first-order chi connectivity index (χ1) is 8.65. The number of likely N-dealkylation sites (N-methyl/N-ethyl adjacent to an activating group) is 1. The Hall–Kier alpha value is -1.13. The minimum absolute atomic E-state index is 0.208. The van der Waals surface area contributed by atoms with Gasteiger partial charge in [-0.05, 0) is 24.5 Å². The molecule has 0 saturated carbocycles. The summed E-state index contributed by atoms with van der Waals surface area (Å²) in [5, 5.41) is 0.516. The van der Waals surface area contributed by atoms with Crippen molar-refractivity contribution >= 4 is 17.5 Å². The number of piperazine rings is 1. The highest BCUT2D eigenvalue weighted by Gasteiger charge is 2.40. The zero-order chi connectivity index (χ0) is 12.7. The Morgan fingerprint density at radius 3 is 2.94 bits per heavy atom. The number of fused-ring (bicyclic) bond motifs is 1. The minimum atomic E-state index is 0.208. The van der Waals surface area contributed by atoms with Gasteiger partial charge in [0.25, 0.3) is 0 Å². The van der Waals surface area contributed by atoms with E-state index in [0.29, 0.717) is 23.8 Å². The van der Waals surface area contributed by atoms with Crippen molar-refractivity contribution in [2.45, 2.75) is 24.9 Å². The lowest BCUT2D eigenvalue weighted by atomic mass is 10.1. The molecule has 96 valence electrons. The molecule has 3 heterocycles. The molecule has 2 aliphatic rings. The number of carbonyl (C=O) groups excluding carboxylic acids is 1. The van der Waals surface area contributed by atoms with Crippen LogP contribution in [0.15, 0.2) is 18.3 Å². The predicted molar refractivity (Wildman–Crippen MR) is 69.4 cm³/mol. The number of rotatable bonds is 1. The van der Waals surface area contributed by atoms with E-state index in [4.69, 9.17) is 11.6 Å². The number of halogens is 1. The maximum absolute atomic E-state index is 11.8. The fourth-order valence-corrected chi connectivity index (χ4v) is 3.12. The number of carbonyl (C=O) groups is 1. The predicted octanol–water partition coefficient (Wildman–Crippen LogP) is 1.71. The van der Waals surface area contributed by atoms with Crippen LogP contribution in [-0.4, -0.2) is 46.9 Å². The highest BCUT2D eigenvalue weighted by molar-refractivity contribution is 6.29. The Kier molecular flexibility index (Phi) is 2.99. The van der Waals surface area contributed by atoms with Crippen LogP contribution in [0.3, 0.4) is 0 Å². The van der Waals surface area contributed by atoms with Gasteiger partial charge in [-0.1, -0.05) is 17.7 Å². The monoisotopic (exact) mass is 265 g/mol. The van der Waals surface area contributed by atoms with E-state index >= 15 is 0 Å². The zero-order valence-corrected chi connectivity index (χ0v) is 11.1. The van der Waals surface area contributed by atoms with E-state index in [1.807, 2.05) is 30.3 Å². The summed E-state index contributed by atoms with van der Waals surface area (Å²) in [6.07, 6.45) is 4.07. The molecule has 0 N–H and O–H groups in total. The van der Waals surface area contributed by atoms with Crippen LogP contribution in [0.2, 0.25) is 5.15 Å². The second kappa shape index (κ2) is 4.52. The van der Waals surface area contributed by atoms with E-state index in [9.17, 15) is 4.79 Å². The molecule has 2 atom stereocenters. The summed E-state index contributed by atoms with van der Waals surface area (Å²) in [6.45, 7) is 1.37. The van der Waals surface area contributed by atoms with E-state index in [2.05, 4.69) is 9.88 Å². The van der Waals surface area contributed by atoms with Crippen LogP contribution in [0.4, 0.5) is 0 Å². The van der Waals surface area contributed by atoms with Gasteiger partial charge in [-0.15, -0.1) is 0 Å². The van der Waals surface area contributed by atoms with Crippen LogP contribution in [-0.2, 0) is 4.79 Å². The fourth-order valence-electron chi connectivity index (χ4n) is 3.01. The van der Waals surface area contributed by atoms with Crippen LogP contribution < -0.4 is 0 Å². The number of nitrogens with zero attached hydrogens (tertiary/aromatic N) is 3. The normalized spacial score (nSPS) is 28.6. The van der Waals surface area contributed by atoms with E-state index in [1.165, 1.54) is 5.56 Å². The third kappa shape index (κ3) is 1.99. The molecule has 3 rings (SSSR count). The first kappa shape index (κ1) is 11.9. The summed E-state index contributed by atoms with van der Waals surface area (Å²) in [7, 11) is 1.89. The van der Waals surface area contributed by atoms with Gasteiger partial charge in [0.2, 0.25) is 5.91 Å². The second-order valence-corrected chi connectivity index (χ2v) is 5.50. The van der Waals surface area contributed by atoms with Crippen molar-refractivity contribution < 1.29 is 4.79 Å². The van der Waals surface area contributed by atoms with Crippen LogP contribution in [0.5, 0.6) is 0 Å². The second-order valence-electron chi connectivity index (χ2n) is 5.11. The smallest absolute Gasteiger partial charge is 0.236 e. The first-order valence-electron chi connectivity index (χ1n) is 6.26. The standard InChI is InChI=1S/C13H16ClN3O/c1-16-7-10-3-4-11(17(10)8-13(16)18)9-2-5-12(14)15-6-9/h2,5-6,10-11H,3-4,7-8H2,1H3. The average Bonchev–Trinajstić information content (AvgIpc) is 2.74. The Morgan fingerprint density at radius 2 is 2.22 bits per heavy atom. The molecule has 0 spiro atoms.